The minimum absolute atomic E-state index is 0.0749. The lowest BCUT2D eigenvalue weighted by molar-refractivity contribution is 0.0480. The van der Waals surface area contributed by atoms with Crippen molar-refractivity contribution in [1.82, 2.24) is 15.6 Å². The monoisotopic (exact) mass is 555 g/mol. The van der Waals surface area contributed by atoms with Crippen LogP contribution in [0.2, 0.25) is 0 Å². The van der Waals surface area contributed by atoms with E-state index in [-0.39, 0.29) is 29.4 Å². The number of aliphatic hydroxyl groups excluding tert-OH is 1. The van der Waals surface area contributed by atoms with E-state index in [9.17, 15) is 18.3 Å². The fourth-order valence-corrected chi connectivity index (χ4v) is 6.80. The molecule has 1 unspecified atom stereocenters. The zero-order valence-corrected chi connectivity index (χ0v) is 24.0. The maximum Gasteiger partial charge on any atom is 0.251 e. The van der Waals surface area contributed by atoms with E-state index in [1.807, 2.05) is 44.2 Å². The summed E-state index contributed by atoms with van der Waals surface area (Å²) in [6.07, 6.45) is 6.29. The third-order valence-corrected chi connectivity index (χ3v) is 10.3. The maximum absolute atomic E-state index is 13.7. The summed E-state index contributed by atoms with van der Waals surface area (Å²) in [5, 5.41) is 21.8. The molecule has 10 heteroatoms. The summed E-state index contributed by atoms with van der Waals surface area (Å²) < 4.78 is 25.6. The van der Waals surface area contributed by atoms with E-state index in [0.29, 0.717) is 29.6 Å². The molecule has 1 amide bonds. The molecule has 2 saturated carbocycles. The molecule has 4 N–H and O–H groups in total. The highest BCUT2D eigenvalue weighted by Gasteiger charge is 2.63. The Hall–Kier alpha value is -2.69. The first-order valence-electron chi connectivity index (χ1n) is 14.0. The van der Waals surface area contributed by atoms with Crippen molar-refractivity contribution >= 4 is 27.6 Å². The molecule has 1 saturated heterocycles. The number of carbonyl (C=O) groups excluding carboxylic acids is 1. The van der Waals surface area contributed by atoms with Crippen LogP contribution in [0, 0.1) is 11.3 Å². The molecule has 39 heavy (non-hydrogen) atoms. The van der Waals surface area contributed by atoms with Crippen LogP contribution in [0.5, 0.6) is 0 Å². The SMILES string of the molecule is CC[C@H](C)Nc1cc(C(=O)N[C@@H](Cc2ccccc2)[C@H](O)[C@@H]2N[C@H]3CC34CC[C@H]2C4)cc(N(C)S(C)(=O)=O)n1. The van der Waals surface area contributed by atoms with Crippen LogP contribution >= 0.6 is 0 Å². The summed E-state index contributed by atoms with van der Waals surface area (Å²) in [6, 6.07) is 12.9. The molecule has 1 aromatic heterocycles. The Kier molecular flexibility index (Phi) is 7.65. The van der Waals surface area contributed by atoms with Crippen molar-refractivity contribution in [2.75, 3.05) is 22.9 Å². The largest absolute Gasteiger partial charge is 0.389 e. The topological polar surface area (TPSA) is 124 Å². The summed E-state index contributed by atoms with van der Waals surface area (Å²) in [5.41, 5.74) is 1.75. The van der Waals surface area contributed by atoms with Gasteiger partial charge in [-0.2, -0.15) is 0 Å². The van der Waals surface area contributed by atoms with Crippen LogP contribution in [-0.2, 0) is 16.4 Å². The first-order valence-corrected chi connectivity index (χ1v) is 15.9. The Balaban J connectivity index is 1.42. The van der Waals surface area contributed by atoms with Gasteiger partial charge in [0.25, 0.3) is 5.91 Å². The molecule has 2 bridgehead atoms. The lowest BCUT2D eigenvalue weighted by Gasteiger charge is -2.37. The number of aliphatic hydroxyl groups is 1. The number of anilines is 2. The highest BCUT2D eigenvalue weighted by molar-refractivity contribution is 7.92. The van der Waals surface area contributed by atoms with E-state index in [1.54, 1.807) is 6.07 Å². The number of amides is 1. The van der Waals surface area contributed by atoms with Gasteiger partial charge in [0.05, 0.1) is 18.4 Å². The van der Waals surface area contributed by atoms with Crippen LogP contribution in [0.3, 0.4) is 0 Å². The molecule has 5 rings (SSSR count). The van der Waals surface area contributed by atoms with Crippen molar-refractivity contribution in [3.05, 3.63) is 53.6 Å². The van der Waals surface area contributed by atoms with Crippen LogP contribution in [0.15, 0.2) is 42.5 Å². The number of rotatable bonds is 11. The van der Waals surface area contributed by atoms with Crippen molar-refractivity contribution in [2.45, 2.75) is 82.6 Å². The number of aromatic nitrogens is 1. The van der Waals surface area contributed by atoms with Crippen LogP contribution in [0.1, 0.15) is 61.9 Å². The number of hydrogen-bond donors (Lipinski definition) is 4. The van der Waals surface area contributed by atoms with Crippen LogP contribution in [0.25, 0.3) is 0 Å². The average Bonchev–Trinajstić information content (AvgIpc) is 3.50. The van der Waals surface area contributed by atoms with Crippen molar-refractivity contribution in [3.63, 3.8) is 0 Å². The number of carbonyl (C=O) groups is 1. The maximum atomic E-state index is 13.7. The lowest BCUT2D eigenvalue weighted by atomic mass is 9.84. The number of sulfonamides is 1. The fraction of sp³-hybridized carbons (Fsp3) is 0.586. The molecule has 2 aromatic rings. The van der Waals surface area contributed by atoms with Crippen LogP contribution < -0.4 is 20.3 Å². The molecule has 2 heterocycles. The van der Waals surface area contributed by atoms with E-state index in [0.717, 1.165) is 35.4 Å². The second kappa shape index (κ2) is 10.7. The molecule has 1 spiro atoms. The van der Waals surface area contributed by atoms with Crippen LogP contribution in [0.4, 0.5) is 11.6 Å². The van der Waals surface area contributed by atoms with Gasteiger partial charge < -0.3 is 21.1 Å². The molecule has 7 atom stereocenters. The second-order valence-electron chi connectivity index (χ2n) is 11.9. The summed E-state index contributed by atoms with van der Waals surface area (Å²) in [6.45, 7) is 4.03. The standard InChI is InChI=1S/C29H41N5O4S/c1-5-18(2)30-24-14-21(15-25(33-24)34(3)39(4,37)38)28(36)31-22(13-19-9-7-6-8-10-19)27(35)26-20-11-12-29(16-20)17-23(29)32-26/h6-10,14-15,18,20,22-23,26-27,32,35H,5,11-13,16-17H2,1-4H3,(H,30,33)(H,31,36)/t18-,20-,22-,23-,26+,27-,29?/m0/s1. The highest BCUT2D eigenvalue weighted by atomic mass is 32.2. The molecule has 1 aliphatic heterocycles. The van der Waals surface area contributed by atoms with Gasteiger partial charge in [0.1, 0.15) is 11.6 Å². The van der Waals surface area contributed by atoms with E-state index in [4.69, 9.17) is 0 Å². The number of pyridine rings is 1. The summed E-state index contributed by atoms with van der Waals surface area (Å²) >= 11 is 0. The van der Waals surface area contributed by atoms with Crippen LogP contribution in [-0.4, -0.2) is 68.0 Å². The third-order valence-electron chi connectivity index (χ3n) is 9.07. The van der Waals surface area contributed by atoms with Gasteiger partial charge in [-0.25, -0.2) is 13.4 Å². The predicted octanol–water partition coefficient (Wildman–Crippen LogP) is 2.92. The molecule has 0 radical (unpaired) electrons. The van der Waals surface area contributed by atoms with E-state index >= 15 is 0 Å². The molecular weight excluding hydrogens is 514 g/mol. The van der Waals surface area contributed by atoms with E-state index in [1.165, 1.54) is 26.0 Å². The van der Waals surface area contributed by atoms with Gasteiger partial charge >= 0.3 is 0 Å². The average molecular weight is 556 g/mol. The second-order valence-corrected chi connectivity index (χ2v) is 13.9. The minimum Gasteiger partial charge on any atom is -0.389 e. The normalized spacial score (nSPS) is 27.7. The molecule has 3 aliphatic rings. The first-order chi connectivity index (χ1) is 18.5. The van der Waals surface area contributed by atoms with E-state index < -0.39 is 22.2 Å². The number of hydrogen-bond acceptors (Lipinski definition) is 7. The number of nitrogens with zero attached hydrogens (tertiary/aromatic N) is 2. The summed E-state index contributed by atoms with van der Waals surface area (Å²) in [7, 11) is -2.17. The van der Waals surface area contributed by atoms with Gasteiger partial charge in [0.2, 0.25) is 10.0 Å². The first kappa shape index (κ1) is 27.9. The zero-order chi connectivity index (χ0) is 27.9. The van der Waals surface area contributed by atoms with Gasteiger partial charge in [-0.1, -0.05) is 37.3 Å². The number of fused-ring (bicyclic) bond motifs is 1. The summed E-state index contributed by atoms with van der Waals surface area (Å²) in [5.74, 6) is 0.598. The van der Waals surface area contributed by atoms with Gasteiger partial charge in [0.15, 0.2) is 0 Å². The third kappa shape index (κ3) is 5.93. The van der Waals surface area contributed by atoms with Crippen molar-refractivity contribution in [1.29, 1.82) is 0 Å². The number of benzene rings is 1. The molecule has 212 valence electrons. The molecule has 1 aromatic carbocycles. The van der Waals surface area contributed by atoms with Crippen molar-refractivity contribution in [2.24, 2.45) is 11.3 Å². The van der Waals surface area contributed by atoms with Gasteiger partial charge in [-0.05, 0) is 74.5 Å². The van der Waals surface area contributed by atoms with Gasteiger partial charge in [-0.15, -0.1) is 0 Å². The predicted molar refractivity (Wildman–Crippen MR) is 153 cm³/mol. The van der Waals surface area contributed by atoms with Crippen molar-refractivity contribution < 1.29 is 18.3 Å². The molecule has 2 aliphatic carbocycles. The molecular formula is C29H41N5O4S. The Bertz CT molecular complexity index is 1310. The Morgan fingerprint density at radius 2 is 2.00 bits per heavy atom. The van der Waals surface area contributed by atoms with Gasteiger partial charge in [-0.3, -0.25) is 9.10 Å². The summed E-state index contributed by atoms with van der Waals surface area (Å²) in [4.78, 5) is 18.2. The van der Waals surface area contributed by atoms with E-state index in [2.05, 4.69) is 20.9 Å². The Morgan fingerprint density at radius 3 is 2.69 bits per heavy atom. The molecule has 9 nitrogen and oxygen atoms in total. The zero-order valence-electron chi connectivity index (χ0n) is 23.2. The quantitative estimate of drug-likeness (QED) is 0.336. The Labute approximate surface area is 231 Å². The minimum atomic E-state index is -3.58. The molecule has 3 fully saturated rings. The number of nitrogens with one attached hydrogen (secondary N) is 3. The smallest absolute Gasteiger partial charge is 0.251 e. The lowest BCUT2D eigenvalue weighted by Crippen LogP contribution is -2.58. The Morgan fingerprint density at radius 1 is 1.26 bits per heavy atom. The van der Waals surface area contributed by atoms with Gasteiger partial charge in [0, 0.05) is 30.7 Å². The highest BCUT2D eigenvalue weighted by Crippen LogP contribution is 2.63. The fourth-order valence-electron chi connectivity index (χ4n) is 6.37. The van der Waals surface area contributed by atoms with Crippen molar-refractivity contribution in [3.8, 4) is 0 Å². The number of piperidine rings is 1.